The minimum Gasteiger partial charge on any atom is -0.497 e. The molecule has 1 aromatic heterocycles. The molecule has 1 fully saturated rings. The molecule has 7 nitrogen and oxygen atoms in total. The Bertz CT molecular complexity index is 1320. The SMILES string of the molecule is COc1ccc(-c2cccc3c2C(=Cc2[nH]c(C)cc2C(=O)N2CC[C@@H](N(C)C)C2)C(=O)N3)cc1. The number of aromatic amines is 1. The van der Waals surface area contributed by atoms with Gasteiger partial charge in [0.25, 0.3) is 11.8 Å². The predicted molar refractivity (Wildman–Crippen MR) is 138 cm³/mol. The maximum absolute atomic E-state index is 13.4. The number of H-pyrrole nitrogens is 1. The van der Waals surface area contributed by atoms with Gasteiger partial charge in [-0.25, -0.2) is 0 Å². The summed E-state index contributed by atoms with van der Waals surface area (Å²) in [6.45, 7) is 3.36. The van der Waals surface area contributed by atoms with Crippen molar-refractivity contribution >= 4 is 29.2 Å². The fourth-order valence-electron chi connectivity index (χ4n) is 4.96. The number of likely N-dealkylation sites (tertiary alicyclic amines) is 1. The first-order valence-electron chi connectivity index (χ1n) is 11.8. The van der Waals surface area contributed by atoms with Crippen molar-refractivity contribution in [3.05, 3.63) is 71.0 Å². The predicted octanol–water partition coefficient (Wildman–Crippen LogP) is 4.27. The Hall–Kier alpha value is -3.84. The molecule has 1 atom stereocenters. The summed E-state index contributed by atoms with van der Waals surface area (Å²) in [5.41, 5.74) is 6.19. The first kappa shape index (κ1) is 22.9. The van der Waals surface area contributed by atoms with Crippen molar-refractivity contribution in [3.63, 3.8) is 0 Å². The number of nitrogens with one attached hydrogen (secondary N) is 2. The van der Waals surface area contributed by atoms with Gasteiger partial charge < -0.3 is 24.8 Å². The summed E-state index contributed by atoms with van der Waals surface area (Å²) in [6.07, 6.45) is 2.77. The van der Waals surface area contributed by atoms with Crippen LogP contribution in [0.3, 0.4) is 0 Å². The van der Waals surface area contributed by atoms with E-state index >= 15 is 0 Å². The number of likely N-dealkylation sites (N-methyl/N-ethyl adjacent to an activating group) is 1. The number of aromatic nitrogens is 1. The van der Waals surface area contributed by atoms with Gasteiger partial charge in [0.1, 0.15) is 5.75 Å². The number of fused-ring (bicyclic) bond motifs is 1. The highest BCUT2D eigenvalue weighted by Crippen LogP contribution is 2.41. The zero-order valence-electron chi connectivity index (χ0n) is 20.5. The Labute approximate surface area is 205 Å². The third-order valence-electron chi connectivity index (χ3n) is 6.91. The van der Waals surface area contributed by atoms with E-state index in [2.05, 4.69) is 15.2 Å². The fourth-order valence-corrected chi connectivity index (χ4v) is 4.96. The topological polar surface area (TPSA) is 77.7 Å². The molecule has 35 heavy (non-hydrogen) atoms. The molecule has 2 N–H and O–H groups in total. The molecule has 0 bridgehead atoms. The number of methoxy groups -OCH3 is 1. The number of ether oxygens (including phenoxy) is 1. The Kier molecular flexibility index (Phi) is 5.94. The van der Waals surface area contributed by atoms with E-state index in [1.165, 1.54) is 0 Å². The minimum atomic E-state index is -0.180. The Morgan fingerprint density at radius 2 is 1.94 bits per heavy atom. The molecule has 0 spiro atoms. The minimum absolute atomic E-state index is 0.00684. The highest BCUT2D eigenvalue weighted by molar-refractivity contribution is 6.36. The molecule has 3 aromatic rings. The molecule has 0 aliphatic carbocycles. The quantitative estimate of drug-likeness (QED) is 0.546. The van der Waals surface area contributed by atoms with Crippen molar-refractivity contribution in [1.29, 1.82) is 0 Å². The van der Waals surface area contributed by atoms with Crippen molar-refractivity contribution in [2.75, 3.05) is 39.6 Å². The molecule has 2 aliphatic rings. The van der Waals surface area contributed by atoms with Gasteiger partial charge in [-0.1, -0.05) is 24.3 Å². The van der Waals surface area contributed by atoms with E-state index in [0.717, 1.165) is 46.8 Å². The number of carbonyl (C=O) groups excluding carboxylic acids is 2. The lowest BCUT2D eigenvalue weighted by Gasteiger charge is -2.20. The normalized spacial score (nSPS) is 18.3. The average Bonchev–Trinajstić information content (AvgIpc) is 3.56. The van der Waals surface area contributed by atoms with Crippen LogP contribution in [0.1, 0.15) is 33.7 Å². The van der Waals surface area contributed by atoms with E-state index in [9.17, 15) is 9.59 Å². The highest BCUT2D eigenvalue weighted by atomic mass is 16.5. The van der Waals surface area contributed by atoms with Crippen molar-refractivity contribution in [3.8, 4) is 16.9 Å². The fraction of sp³-hybridized carbons (Fsp3) is 0.286. The van der Waals surface area contributed by atoms with Gasteiger partial charge in [-0.3, -0.25) is 9.59 Å². The van der Waals surface area contributed by atoms with Crippen LogP contribution in [0.2, 0.25) is 0 Å². The van der Waals surface area contributed by atoms with Crippen molar-refractivity contribution in [2.24, 2.45) is 0 Å². The average molecular weight is 471 g/mol. The van der Waals surface area contributed by atoms with Crippen molar-refractivity contribution in [2.45, 2.75) is 19.4 Å². The van der Waals surface area contributed by atoms with Crippen LogP contribution in [-0.2, 0) is 4.79 Å². The van der Waals surface area contributed by atoms with Crippen LogP contribution in [0, 0.1) is 6.92 Å². The van der Waals surface area contributed by atoms with Gasteiger partial charge in [0.15, 0.2) is 0 Å². The molecule has 0 radical (unpaired) electrons. The molecule has 180 valence electrons. The monoisotopic (exact) mass is 470 g/mol. The Morgan fingerprint density at radius 3 is 2.63 bits per heavy atom. The zero-order chi connectivity index (χ0) is 24.7. The Balaban J connectivity index is 1.54. The maximum atomic E-state index is 13.4. The van der Waals surface area contributed by atoms with E-state index in [-0.39, 0.29) is 11.8 Å². The largest absolute Gasteiger partial charge is 0.497 e. The van der Waals surface area contributed by atoms with Gasteiger partial charge in [-0.2, -0.15) is 0 Å². The summed E-state index contributed by atoms with van der Waals surface area (Å²) in [5.74, 6) is 0.586. The van der Waals surface area contributed by atoms with Crippen LogP contribution >= 0.6 is 0 Å². The molecule has 2 aromatic carbocycles. The van der Waals surface area contributed by atoms with Crippen LogP contribution in [0.5, 0.6) is 5.75 Å². The number of hydrogen-bond donors (Lipinski definition) is 2. The number of nitrogens with zero attached hydrogens (tertiary/aromatic N) is 2. The molecule has 2 aliphatic heterocycles. The second kappa shape index (κ2) is 9.07. The second-order valence-electron chi connectivity index (χ2n) is 9.41. The highest BCUT2D eigenvalue weighted by Gasteiger charge is 2.31. The van der Waals surface area contributed by atoms with Gasteiger partial charge in [0.05, 0.1) is 23.9 Å². The van der Waals surface area contributed by atoms with Crippen LogP contribution in [-0.4, -0.2) is 66.9 Å². The summed E-state index contributed by atoms with van der Waals surface area (Å²) in [4.78, 5) is 33.9. The summed E-state index contributed by atoms with van der Waals surface area (Å²) < 4.78 is 5.29. The molecule has 1 saturated heterocycles. The van der Waals surface area contributed by atoms with Crippen LogP contribution in [0.4, 0.5) is 5.69 Å². The van der Waals surface area contributed by atoms with Crippen molar-refractivity contribution < 1.29 is 14.3 Å². The molecule has 3 heterocycles. The Morgan fingerprint density at radius 1 is 1.17 bits per heavy atom. The lowest BCUT2D eigenvalue weighted by atomic mass is 9.94. The standard InChI is InChI=1S/C28H30N4O3/c1-17-14-22(28(34)32-13-12-19(16-32)31(2)3)25(29-17)15-23-26-21(6-5-7-24(26)30-27(23)33)18-8-10-20(35-4)11-9-18/h5-11,14-15,19,29H,12-13,16H2,1-4H3,(H,30,33)/t19-/m1/s1. The third-order valence-corrected chi connectivity index (χ3v) is 6.91. The summed E-state index contributed by atoms with van der Waals surface area (Å²) in [7, 11) is 5.73. The van der Waals surface area contributed by atoms with Gasteiger partial charge in [0, 0.05) is 36.1 Å². The molecular formula is C28H30N4O3. The van der Waals surface area contributed by atoms with E-state index in [1.807, 2.05) is 80.5 Å². The number of carbonyl (C=O) groups is 2. The van der Waals surface area contributed by atoms with E-state index in [0.29, 0.717) is 29.4 Å². The number of aryl methyl sites for hydroxylation is 1. The summed E-state index contributed by atoms with van der Waals surface area (Å²) in [5, 5.41) is 2.98. The lowest BCUT2D eigenvalue weighted by Crippen LogP contribution is -2.34. The third kappa shape index (κ3) is 4.23. The van der Waals surface area contributed by atoms with Gasteiger partial charge in [0.2, 0.25) is 0 Å². The molecular weight excluding hydrogens is 440 g/mol. The number of hydrogen-bond acceptors (Lipinski definition) is 4. The number of benzene rings is 2. The first-order chi connectivity index (χ1) is 16.9. The van der Waals surface area contributed by atoms with Gasteiger partial charge in [-0.15, -0.1) is 0 Å². The van der Waals surface area contributed by atoms with E-state index in [1.54, 1.807) is 7.11 Å². The molecule has 0 unspecified atom stereocenters. The van der Waals surface area contributed by atoms with Gasteiger partial charge >= 0.3 is 0 Å². The van der Waals surface area contributed by atoms with E-state index in [4.69, 9.17) is 4.74 Å². The second-order valence-corrected chi connectivity index (χ2v) is 9.41. The van der Waals surface area contributed by atoms with E-state index < -0.39 is 0 Å². The first-order valence-corrected chi connectivity index (χ1v) is 11.8. The van der Waals surface area contributed by atoms with Crippen LogP contribution in [0.15, 0.2) is 48.5 Å². The van der Waals surface area contributed by atoms with Crippen molar-refractivity contribution in [1.82, 2.24) is 14.8 Å². The van der Waals surface area contributed by atoms with Gasteiger partial charge in [-0.05, 0) is 68.9 Å². The lowest BCUT2D eigenvalue weighted by molar-refractivity contribution is -0.110. The summed E-state index contributed by atoms with van der Waals surface area (Å²) in [6, 6.07) is 15.9. The molecule has 0 saturated carbocycles. The zero-order valence-corrected chi connectivity index (χ0v) is 20.5. The number of amides is 2. The van der Waals surface area contributed by atoms with Crippen LogP contribution in [0.25, 0.3) is 22.8 Å². The number of anilines is 1. The maximum Gasteiger partial charge on any atom is 0.256 e. The molecule has 2 amide bonds. The molecule has 7 heteroatoms. The summed E-state index contributed by atoms with van der Waals surface area (Å²) >= 11 is 0. The molecule has 5 rings (SSSR count). The van der Waals surface area contributed by atoms with Crippen LogP contribution < -0.4 is 10.1 Å². The number of rotatable bonds is 5. The smallest absolute Gasteiger partial charge is 0.256 e.